The lowest BCUT2D eigenvalue weighted by Crippen LogP contribution is -2.23. The molecule has 6 nitrogen and oxygen atoms in total. The Morgan fingerprint density at radius 2 is 2.05 bits per heavy atom. The molecule has 2 aromatic rings. The SMILES string of the molecule is CCN(Cc1ccncc1)c1cc([N+](=O)[O-])cc(Cl)n1. The molecule has 0 atom stereocenters. The van der Waals surface area contributed by atoms with Crippen LogP contribution in [0.4, 0.5) is 11.5 Å². The molecule has 20 heavy (non-hydrogen) atoms. The predicted molar refractivity (Wildman–Crippen MR) is 76.9 cm³/mol. The minimum atomic E-state index is -0.475. The van der Waals surface area contributed by atoms with E-state index in [0.717, 1.165) is 5.56 Å². The van der Waals surface area contributed by atoms with Gasteiger partial charge in [-0.2, -0.15) is 0 Å². The van der Waals surface area contributed by atoms with Crippen molar-refractivity contribution < 1.29 is 4.92 Å². The van der Waals surface area contributed by atoms with Gasteiger partial charge in [0, 0.05) is 25.5 Å². The summed E-state index contributed by atoms with van der Waals surface area (Å²) in [6.45, 7) is 3.20. The second-order valence-electron chi connectivity index (χ2n) is 4.13. The highest BCUT2D eigenvalue weighted by molar-refractivity contribution is 6.29. The molecule has 104 valence electrons. The first-order valence-electron chi connectivity index (χ1n) is 6.06. The van der Waals surface area contributed by atoms with Crippen LogP contribution in [0.5, 0.6) is 0 Å². The summed E-state index contributed by atoms with van der Waals surface area (Å²) in [5, 5.41) is 11.0. The number of hydrogen-bond donors (Lipinski definition) is 0. The van der Waals surface area contributed by atoms with Crippen LogP contribution in [-0.2, 0) is 6.54 Å². The molecule has 0 amide bonds. The van der Waals surface area contributed by atoms with Gasteiger partial charge in [0.25, 0.3) is 5.69 Å². The molecule has 0 unspecified atom stereocenters. The van der Waals surface area contributed by atoms with Gasteiger partial charge in [-0.3, -0.25) is 15.1 Å². The first-order chi connectivity index (χ1) is 9.60. The van der Waals surface area contributed by atoms with E-state index in [-0.39, 0.29) is 10.8 Å². The van der Waals surface area contributed by atoms with Crippen LogP contribution in [0.25, 0.3) is 0 Å². The highest BCUT2D eigenvalue weighted by Crippen LogP contribution is 2.24. The number of aromatic nitrogens is 2. The second kappa shape index (κ2) is 6.29. The summed E-state index contributed by atoms with van der Waals surface area (Å²) in [4.78, 5) is 20.4. The topological polar surface area (TPSA) is 72.2 Å². The standard InChI is InChI=1S/C13H13ClN4O2/c1-2-17(9-10-3-5-15-6-4-10)13-8-11(18(19)20)7-12(14)16-13/h3-8H,2,9H2,1H3. The van der Waals surface area contributed by atoms with Crippen molar-refractivity contribution >= 4 is 23.1 Å². The Morgan fingerprint density at radius 1 is 1.35 bits per heavy atom. The number of rotatable bonds is 5. The molecule has 0 aromatic carbocycles. The maximum absolute atomic E-state index is 10.9. The van der Waals surface area contributed by atoms with E-state index in [1.54, 1.807) is 12.4 Å². The lowest BCUT2D eigenvalue weighted by molar-refractivity contribution is -0.384. The minimum Gasteiger partial charge on any atom is -0.352 e. The molecule has 0 radical (unpaired) electrons. The average Bonchev–Trinajstić information content (AvgIpc) is 2.45. The Kier molecular flexibility index (Phi) is 4.47. The Hall–Kier alpha value is -2.21. The van der Waals surface area contributed by atoms with Crippen molar-refractivity contribution in [2.24, 2.45) is 0 Å². The van der Waals surface area contributed by atoms with E-state index in [1.165, 1.54) is 12.1 Å². The lowest BCUT2D eigenvalue weighted by atomic mass is 10.2. The summed E-state index contributed by atoms with van der Waals surface area (Å²) in [5.74, 6) is 0.489. The number of nitrogens with zero attached hydrogens (tertiary/aromatic N) is 4. The van der Waals surface area contributed by atoms with E-state index >= 15 is 0 Å². The molecule has 2 rings (SSSR count). The van der Waals surface area contributed by atoms with Gasteiger partial charge in [0.05, 0.1) is 17.1 Å². The average molecular weight is 293 g/mol. The molecule has 0 aliphatic rings. The summed E-state index contributed by atoms with van der Waals surface area (Å²) in [6, 6.07) is 6.45. The molecular formula is C13H13ClN4O2. The predicted octanol–water partition coefficient (Wildman–Crippen LogP) is 3.06. The normalized spacial score (nSPS) is 10.3. The van der Waals surface area contributed by atoms with Crippen molar-refractivity contribution in [2.45, 2.75) is 13.5 Å². The van der Waals surface area contributed by atoms with Crippen LogP contribution >= 0.6 is 11.6 Å². The molecule has 0 aliphatic carbocycles. The fourth-order valence-corrected chi connectivity index (χ4v) is 2.00. The maximum Gasteiger partial charge on any atom is 0.276 e. The maximum atomic E-state index is 10.9. The van der Waals surface area contributed by atoms with E-state index in [0.29, 0.717) is 18.9 Å². The van der Waals surface area contributed by atoms with Crippen LogP contribution in [0.3, 0.4) is 0 Å². The summed E-state index contributed by atoms with van der Waals surface area (Å²) < 4.78 is 0. The van der Waals surface area contributed by atoms with Gasteiger partial charge >= 0.3 is 0 Å². The Labute approximate surface area is 121 Å². The van der Waals surface area contributed by atoms with E-state index in [4.69, 9.17) is 11.6 Å². The summed E-state index contributed by atoms with van der Waals surface area (Å²) in [5.41, 5.74) is 0.986. The number of nitro groups is 1. The van der Waals surface area contributed by atoms with Crippen LogP contribution in [0, 0.1) is 10.1 Å². The smallest absolute Gasteiger partial charge is 0.276 e. The number of anilines is 1. The third-order valence-corrected chi connectivity index (χ3v) is 3.00. The molecule has 0 N–H and O–H groups in total. The first kappa shape index (κ1) is 14.2. The molecule has 0 saturated carbocycles. The third-order valence-electron chi connectivity index (χ3n) is 2.80. The Bertz CT molecular complexity index is 607. The van der Waals surface area contributed by atoms with Gasteiger partial charge in [0.1, 0.15) is 11.0 Å². The number of halogens is 1. The molecule has 7 heteroatoms. The van der Waals surface area contributed by atoms with Gasteiger partial charge in [-0.25, -0.2) is 4.98 Å². The number of pyridine rings is 2. The fraction of sp³-hybridized carbons (Fsp3) is 0.231. The van der Waals surface area contributed by atoms with E-state index < -0.39 is 4.92 Å². The monoisotopic (exact) mass is 292 g/mol. The zero-order valence-corrected chi connectivity index (χ0v) is 11.6. The van der Waals surface area contributed by atoms with Gasteiger partial charge in [0.15, 0.2) is 0 Å². The summed E-state index contributed by atoms with van der Waals surface area (Å²) in [7, 11) is 0. The second-order valence-corrected chi connectivity index (χ2v) is 4.52. The van der Waals surface area contributed by atoms with Gasteiger partial charge in [0.2, 0.25) is 0 Å². The molecular weight excluding hydrogens is 280 g/mol. The zero-order valence-electron chi connectivity index (χ0n) is 10.9. The van der Waals surface area contributed by atoms with Crippen molar-refractivity contribution in [3.8, 4) is 0 Å². The molecule has 0 spiro atoms. The first-order valence-corrected chi connectivity index (χ1v) is 6.43. The summed E-state index contributed by atoms with van der Waals surface area (Å²) >= 11 is 5.85. The van der Waals surface area contributed by atoms with Crippen LogP contribution in [-0.4, -0.2) is 21.4 Å². The van der Waals surface area contributed by atoms with Crippen LogP contribution in [0.1, 0.15) is 12.5 Å². The van der Waals surface area contributed by atoms with Crippen LogP contribution < -0.4 is 4.90 Å². The fourth-order valence-electron chi connectivity index (χ4n) is 1.80. The van der Waals surface area contributed by atoms with Crippen molar-refractivity contribution in [3.05, 3.63) is 57.5 Å². The van der Waals surface area contributed by atoms with E-state index in [9.17, 15) is 10.1 Å². The molecule has 0 saturated heterocycles. The van der Waals surface area contributed by atoms with Gasteiger partial charge in [-0.15, -0.1) is 0 Å². The summed E-state index contributed by atoms with van der Waals surface area (Å²) in [6.07, 6.45) is 3.41. The minimum absolute atomic E-state index is 0.0619. The van der Waals surface area contributed by atoms with Crippen LogP contribution in [0.2, 0.25) is 5.15 Å². The lowest BCUT2D eigenvalue weighted by Gasteiger charge is -2.21. The molecule has 0 bridgehead atoms. The molecule has 2 aromatic heterocycles. The van der Waals surface area contributed by atoms with E-state index in [2.05, 4.69) is 9.97 Å². The highest BCUT2D eigenvalue weighted by Gasteiger charge is 2.14. The van der Waals surface area contributed by atoms with Gasteiger partial charge in [-0.1, -0.05) is 11.6 Å². The van der Waals surface area contributed by atoms with Crippen molar-refractivity contribution in [3.63, 3.8) is 0 Å². The molecule has 0 aliphatic heterocycles. The Balaban J connectivity index is 2.29. The van der Waals surface area contributed by atoms with Crippen molar-refractivity contribution in [1.82, 2.24) is 9.97 Å². The quantitative estimate of drug-likeness (QED) is 0.481. The largest absolute Gasteiger partial charge is 0.352 e. The van der Waals surface area contributed by atoms with Crippen molar-refractivity contribution in [2.75, 3.05) is 11.4 Å². The van der Waals surface area contributed by atoms with Crippen molar-refractivity contribution in [1.29, 1.82) is 0 Å². The number of hydrogen-bond acceptors (Lipinski definition) is 5. The Morgan fingerprint density at radius 3 is 2.65 bits per heavy atom. The highest BCUT2D eigenvalue weighted by atomic mass is 35.5. The van der Waals surface area contributed by atoms with Crippen LogP contribution in [0.15, 0.2) is 36.7 Å². The molecule has 0 fully saturated rings. The molecule has 2 heterocycles. The van der Waals surface area contributed by atoms with E-state index in [1.807, 2.05) is 24.0 Å². The zero-order chi connectivity index (χ0) is 14.5. The van der Waals surface area contributed by atoms with Gasteiger partial charge in [-0.05, 0) is 24.6 Å². The third kappa shape index (κ3) is 3.42. The van der Waals surface area contributed by atoms with Gasteiger partial charge < -0.3 is 4.90 Å².